The zero-order valence-corrected chi connectivity index (χ0v) is 11.3. The summed E-state index contributed by atoms with van der Waals surface area (Å²) in [5.74, 6) is 0. The van der Waals surface area contributed by atoms with E-state index in [4.69, 9.17) is 0 Å². The van der Waals surface area contributed by atoms with E-state index in [2.05, 4.69) is 40.0 Å². The second kappa shape index (κ2) is 12.2. The Morgan fingerprint density at radius 1 is 0.556 bits per heavy atom. The second-order valence-corrected chi connectivity index (χ2v) is 8.05. The van der Waals surface area contributed by atoms with Crippen LogP contribution in [-0.2, 0) is 21.1 Å². The fourth-order valence-electron chi connectivity index (χ4n) is 0. The third-order valence-corrected chi connectivity index (χ3v) is 0. The van der Waals surface area contributed by atoms with Gasteiger partial charge in [-0.05, 0) is 40.0 Å². The van der Waals surface area contributed by atoms with E-state index in [0.29, 0.717) is 15.8 Å². The molecule has 0 nitrogen and oxygen atoms in total. The topological polar surface area (TPSA) is 0 Å². The molecule has 62 valence electrons. The van der Waals surface area contributed by atoms with Crippen molar-refractivity contribution in [3.63, 3.8) is 0 Å². The summed E-state index contributed by atoms with van der Waals surface area (Å²) in [6.45, 7) is 13.4. The third kappa shape index (κ3) is 227. The van der Waals surface area contributed by atoms with Gasteiger partial charge in [0.2, 0.25) is 0 Å². The maximum Gasteiger partial charge on any atom is 0 e. The summed E-state index contributed by atoms with van der Waals surface area (Å²) in [5, 5.41) is 0. The number of hydrogen-bond donors (Lipinski definition) is 0. The molecule has 0 aromatic heterocycles. The van der Waals surface area contributed by atoms with Crippen LogP contribution in [0.2, 0.25) is 0 Å². The van der Waals surface area contributed by atoms with E-state index in [1.165, 1.54) is 0 Å². The molecule has 0 saturated heterocycles. The zero-order chi connectivity index (χ0) is 7.15. The van der Waals surface area contributed by atoms with Crippen molar-refractivity contribution in [1.29, 1.82) is 0 Å². The van der Waals surface area contributed by atoms with Crippen LogP contribution in [0.3, 0.4) is 0 Å². The van der Waals surface area contributed by atoms with Gasteiger partial charge in [0.1, 0.15) is 0 Å². The van der Waals surface area contributed by atoms with Crippen molar-refractivity contribution in [3.05, 3.63) is 0 Å². The zero-order valence-electron chi connectivity index (χ0n) is 7.21. The Balaban J connectivity index is -0.0000000720. The van der Waals surface area contributed by atoms with Crippen molar-refractivity contribution >= 4 is 15.8 Å². The molecule has 3 heteroatoms. The fraction of sp³-hybridized carbons (Fsp3) is 1.00. The predicted molar refractivity (Wildman–Crippen MR) is 49.4 cm³/mol. The SMILES string of the molecule is CP(C)C.CP(C)C.[Pt]. The summed E-state index contributed by atoms with van der Waals surface area (Å²) < 4.78 is 0. The summed E-state index contributed by atoms with van der Waals surface area (Å²) in [4.78, 5) is 0. The Kier molecular flexibility index (Phi) is 23.0. The van der Waals surface area contributed by atoms with Crippen molar-refractivity contribution in [1.82, 2.24) is 0 Å². The van der Waals surface area contributed by atoms with E-state index in [1.54, 1.807) is 0 Å². The summed E-state index contributed by atoms with van der Waals surface area (Å²) in [7, 11) is 0.759. The number of rotatable bonds is 0. The summed E-state index contributed by atoms with van der Waals surface area (Å²) in [6.07, 6.45) is 0. The molecule has 0 amide bonds. The molecule has 0 bridgehead atoms. The van der Waals surface area contributed by atoms with Crippen molar-refractivity contribution in [3.8, 4) is 0 Å². The molecule has 0 aliphatic rings. The molecule has 0 fully saturated rings. The molecular formula is C6H18P2Pt. The molecular weight excluding hydrogens is 329 g/mol. The summed E-state index contributed by atoms with van der Waals surface area (Å²) in [6, 6.07) is 0. The van der Waals surface area contributed by atoms with E-state index in [-0.39, 0.29) is 21.1 Å². The van der Waals surface area contributed by atoms with Crippen molar-refractivity contribution in [2.45, 2.75) is 0 Å². The van der Waals surface area contributed by atoms with Crippen LogP contribution in [0.4, 0.5) is 0 Å². The monoisotopic (exact) mass is 347 g/mol. The average molecular weight is 347 g/mol. The van der Waals surface area contributed by atoms with Gasteiger partial charge in [-0.25, -0.2) is 0 Å². The molecule has 0 rings (SSSR count). The molecule has 0 atom stereocenters. The van der Waals surface area contributed by atoms with E-state index in [1.807, 2.05) is 0 Å². The van der Waals surface area contributed by atoms with Crippen LogP contribution in [0, 0.1) is 0 Å². The molecule has 0 N–H and O–H groups in total. The van der Waals surface area contributed by atoms with Crippen LogP contribution >= 0.6 is 15.8 Å². The maximum atomic E-state index is 2.23. The first kappa shape index (κ1) is 16.9. The second-order valence-electron chi connectivity index (χ2n) is 2.68. The quantitative estimate of drug-likeness (QED) is 0.591. The van der Waals surface area contributed by atoms with Gasteiger partial charge in [0, 0.05) is 21.1 Å². The van der Waals surface area contributed by atoms with Crippen LogP contribution in [0.15, 0.2) is 0 Å². The number of hydrogen-bond acceptors (Lipinski definition) is 0. The average Bonchev–Trinajstić information content (AvgIpc) is 1.25. The molecule has 0 unspecified atom stereocenters. The van der Waals surface area contributed by atoms with Gasteiger partial charge in [0.15, 0.2) is 0 Å². The van der Waals surface area contributed by atoms with Gasteiger partial charge in [0.25, 0.3) is 0 Å². The third-order valence-electron chi connectivity index (χ3n) is 0. The first-order chi connectivity index (χ1) is 3.46. The van der Waals surface area contributed by atoms with Gasteiger partial charge >= 0.3 is 0 Å². The van der Waals surface area contributed by atoms with E-state index >= 15 is 0 Å². The van der Waals surface area contributed by atoms with Crippen LogP contribution in [0.1, 0.15) is 0 Å². The molecule has 0 spiro atoms. The fourth-order valence-corrected chi connectivity index (χ4v) is 0. The summed E-state index contributed by atoms with van der Waals surface area (Å²) in [5.41, 5.74) is 0. The van der Waals surface area contributed by atoms with Gasteiger partial charge in [-0.2, -0.15) is 0 Å². The predicted octanol–water partition coefficient (Wildman–Crippen LogP) is 2.71. The van der Waals surface area contributed by atoms with Gasteiger partial charge in [-0.15, -0.1) is 15.8 Å². The molecule has 0 radical (unpaired) electrons. The van der Waals surface area contributed by atoms with E-state index in [0.717, 1.165) is 0 Å². The minimum atomic E-state index is 0. The van der Waals surface area contributed by atoms with Crippen LogP contribution in [0.25, 0.3) is 0 Å². The first-order valence-electron chi connectivity index (χ1n) is 2.68. The molecule has 0 heterocycles. The molecule has 0 aromatic rings. The van der Waals surface area contributed by atoms with Gasteiger partial charge in [-0.3, -0.25) is 0 Å². The smallest absolute Gasteiger partial charge is 0 e. The van der Waals surface area contributed by atoms with E-state index in [9.17, 15) is 0 Å². The molecule has 0 aliphatic carbocycles. The Hall–Kier alpha value is 1.55. The normalized spacial score (nSPS) is 8.00. The van der Waals surface area contributed by atoms with Gasteiger partial charge < -0.3 is 0 Å². The van der Waals surface area contributed by atoms with Gasteiger partial charge in [0.05, 0.1) is 0 Å². The minimum Gasteiger partial charge on any atom is -0.116 e. The molecule has 0 aliphatic heterocycles. The van der Waals surface area contributed by atoms with Crippen LogP contribution in [0.5, 0.6) is 0 Å². The molecule has 0 aromatic carbocycles. The van der Waals surface area contributed by atoms with Crippen LogP contribution < -0.4 is 0 Å². The minimum absolute atomic E-state index is 0. The first-order valence-corrected chi connectivity index (χ1v) is 8.05. The summed E-state index contributed by atoms with van der Waals surface area (Å²) >= 11 is 0. The largest absolute Gasteiger partial charge is 0.116 e. The Bertz CT molecular complexity index is 26.5. The molecule has 0 saturated carbocycles. The van der Waals surface area contributed by atoms with Crippen molar-refractivity contribution < 1.29 is 21.1 Å². The molecule has 9 heavy (non-hydrogen) atoms. The van der Waals surface area contributed by atoms with Crippen LogP contribution in [-0.4, -0.2) is 40.0 Å². The Morgan fingerprint density at radius 2 is 0.556 bits per heavy atom. The van der Waals surface area contributed by atoms with Crippen molar-refractivity contribution in [2.75, 3.05) is 40.0 Å². The standard InChI is InChI=1S/2C3H9P.Pt/c2*1-4(2)3;/h2*1-3H3;. The van der Waals surface area contributed by atoms with Crippen molar-refractivity contribution in [2.24, 2.45) is 0 Å². The van der Waals surface area contributed by atoms with Gasteiger partial charge in [-0.1, -0.05) is 0 Å². The Labute approximate surface area is 77.0 Å². The van der Waals surface area contributed by atoms with E-state index < -0.39 is 0 Å². The Morgan fingerprint density at radius 3 is 0.556 bits per heavy atom. The maximum absolute atomic E-state index is 2.23.